The van der Waals surface area contributed by atoms with Crippen LogP contribution in [0.3, 0.4) is 0 Å². The lowest BCUT2D eigenvalue weighted by Crippen LogP contribution is -2.08. The first-order chi connectivity index (χ1) is 17.7. The second-order valence-corrected chi connectivity index (χ2v) is 8.37. The lowest BCUT2D eigenvalue weighted by atomic mass is 10.1. The van der Waals surface area contributed by atoms with Crippen LogP contribution in [-0.4, -0.2) is 26.5 Å². The van der Waals surface area contributed by atoms with Gasteiger partial charge in [-0.15, -0.1) is 0 Å². The summed E-state index contributed by atoms with van der Waals surface area (Å²) in [5, 5.41) is 25.8. The second kappa shape index (κ2) is 15.2. The van der Waals surface area contributed by atoms with Crippen LogP contribution in [0.2, 0.25) is 0 Å². The van der Waals surface area contributed by atoms with Crippen LogP contribution in [0.1, 0.15) is 43.0 Å². The van der Waals surface area contributed by atoms with E-state index in [9.17, 15) is 9.59 Å². The van der Waals surface area contributed by atoms with E-state index >= 15 is 0 Å². The highest BCUT2D eigenvalue weighted by molar-refractivity contribution is 6.67. The highest BCUT2D eigenvalue weighted by Gasteiger charge is 2.07. The van der Waals surface area contributed by atoms with Crippen LogP contribution < -0.4 is 4.74 Å². The Hall–Kier alpha value is -3.97. The van der Waals surface area contributed by atoms with Crippen LogP contribution in [0.15, 0.2) is 97.1 Å². The van der Waals surface area contributed by atoms with Gasteiger partial charge in [0.15, 0.2) is 0 Å². The molecule has 0 bridgehead atoms. The molecule has 0 fully saturated rings. The van der Waals surface area contributed by atoms with Crippen molar-refractivity contribution >= 4 is 22.8 Å². The van der Waals surface area contributed by atoms with E-state index in [1.807, 2.05) is 38.1 Å². The van der Waals surface area contributed by atoms with E-state index in [2.05, 4.69) is 0 Å². The normalized spacial score (nSPS) is 9.76. The molecule has 0 saturated heterocycles. The third-order valence-electron chi connectivity index (χ3n) is 5.00. The number of ether oxygens (including phenoxy) is 1. The predicted octanol–water partition coefficient (Wildman–Crippen LogP) is 5.97. The minimum atomic E-state index is -0.403. The van der Waals surface area contributed by atoms with Crippen LogP contribution in [-0.2, 0) is 13.2 Å². The quantitative estimate of drug-likeness (QED) is 0.170. The Kier molecular flexibility index (Phi) is 12.0. The highest BCUT2D eigenvalue weighted by Crippen LogP contribution is 2.15. The third kappa shape index (κ3) is 10.7. The summed E-state index contributed by atoms with van der Waals surface area (Å²) in [5.41, 5.74) is 4.89. The molecule has 0 aliphatic heterocycles. The molecule has 0 heterocycles. The number of carbonyl (C=O) groups is 2. The average molecular weight is 521 g/mol. The van der Waals surface area contributed by atoms with Gasteiger partial charge in [-0.3, -0.25) is 4.79 Å². The molecule has 4 aromatic carbocycles. The van der Waals surface area contributed by atoms with Crippen LogP contribution in [0.25, 0.3) is 0 Å². The minimum Gasteiger partial charge on any atom is -0.508 e. The number of esters is 1. The topological polar surface area (TPSA) is 104 Å². The second-order valence-electron chi connectivity index (χ2n) is 8.02. The van der Waals surface area contributed by atoms with Crippen LogP contribution >= 0.6 is 11.6 Å². The fraction of sp³-hybridized carbons (Fsp3) is 0.133. The number of hydrogen-bond acceptors (Lipinski definition) is 6. The molecule has 6 nitrogen and oxygen atoms in total. The van der Waals surface area contributed by atoms with Crippen molar-refractivity contribution < 1.29 is 29.6 Å². The highest BCUT2D eigenvalue weighted by atomic mass is 35.5. The first-order valence-corrected chi connectivity index (χ1v) is 11.7. The Morgan fingerprint density at radius 2 is 1.05 bits per heavy atom. The van der Waals surface area contributed by atoms with Gasteiger partial charge in [0.2, 0.25) is 0 Å². The van der Waals surface area contributed by atoms with Crippen molar-refractivity contribution in [2.24, 2.45) is 0 Å². The van der Waals surface area contributed by atoms with Gasteiger partial charge in [0, 0.05) is 5.56 Å². The number of aliphatic hydroxyl groups is 2. The van der Waals surface area contributed by atoms with E-state index < -0.39 is 5.24 Å². The molecule has 0 unspecified atom stereocenters. The van der Waals surface area contributed by atoms with Gasteiger partial charge in [-0.2, -0.15) is 0 Å². The molecule has 0 aliphatic carbocycles. The summed E-state index contributed by atoms with van der Waals surface area (Å²) in [4.78, 5) is 22.3. The summed E-state index contributed by atoms with van der Waals surface area (Å²) >= 11 is 5.22. The van der Waals surface area contributed by atoms with Crippen molar-refractivity contribution in [3.63, 3.8) is 0 Å². The monoisotopic (exact) mass is 520 g/mol. The number of aromatic hydroxyl groups is 1. The lowest BCUT2D eigenvalue weighted by Gasteiger charge is -2.05. The first-order valence-electron chi connectivity index (χ1n) is 11.4. The zero-order valence-electron chi connectivity index (χ0n) is 20.6. The smallest absolute Gasteiger partial charge is 0.343 e. The molecule has 0 atom stereocenters. The molecule has 4 aromatic rings. The van der Waals surface area contributed by atoms with Gasteiger partial charge in [-0.1, -0.05) is 59.7 Å². The Morgan fingerprint density at radius 3 is 1.46 bits per heavy atom. The fourth-order valence-corrected chi connectivity index (χ4v) is 2.93. The SMILES string of the molecule is Cc1ccc(C(=O)Cl)cc1.Cc1ccc(C(=O)Oc2ccc(CO)cc2)cc1.OCc1ccc(O)cc1. The van der Waals surface area contributed by atoms with Gasteiger partial charge in [0.05, 0.1) is 18.8 Å². The predicted molar refractivity (Wildman–Crippen MR) is 144 cm³/mol. The molecular formula is C30H29ClO6. The number of hydrogen-bond donors (Lipinski definition) is 3. The number of carbonyl (C=O) groups excluding carboxylic acids is 2. The lowest BCUT2D eigenvalue weighted by molar-refractivity contribution is 0.0734. The summed E-state index contributed by atoms with van der Waals surface area (Å²) in [5.74, 6) is 0.316. The number of rotatable bonds is 5. The maximum absolute atomic E-state index is 11.8. The molecule has 0 spiro atoms. The molecule has 0 amide bonds. The molecule has 0 radical (unpaired) electrons. The van der Waals surface area contributed by atoms with Crippen LogP contribution in [0, 0.1) is 13.8 Å². The number of phenols is 1. The number of halogens is 1. The zero-order valence-corrected chi connectivity index (χ0v) is 21.4. The molecule has 3 N–H and O–H groups in total. The van der Waals surface area contributed by atoms with Gasteiger partial charge >= 0.3 is 5.97 Å². The third-order valence-corrected chi connectivity index (χ3v) is 5.22. The minimum absolute atomic E-state index is 0.0216. The van der Waals surface area contributed by atoms with Gasteiger partial charge in [-0.25, -0.2) is 4.79 Å². The van der Waals surface area contributed by atoms with Gasteiger partial charge < -0.3 is 20.1 Å². The van der Waals surface area contributed by atoms with E-state index in [-0.39, 0.29) is 24.9 Å². The largest absolute Gasteiger partial charge is 0.508 e. The summed E-state index contributed by atoms with van der Waals surface area (Å²) < 4.78 is 5.22. The van der Waals surface area contributed by atoms with Gasteiger partial charge in [0.1, 0.15) is 11.5 Å². The van der Waals surface area contributed by atoms with Gasteiger partial charge in [-0.05, 0) is 85.1 Å². The van der Waals surface area contributed by atoms with Crippen molar-refractivity contribution in [3.05, 3.63) is 130 Å². The number of aryl methyl sites for hydroxylation is 2. The van der Waals surface area contributed by atoms with E-state index in [0.717, 1.165) is 22.3 Å². The molecule has 192 valence electrons. The Bertz CT molecular complexity index is 1250. The van der Waals surface area contributed by atoms with Crippen molar-refractivity contribution in [1.82, 2.24) is 0 Å². The molecule has 4 rings (SSSR count). The van der Waals surface area contributed by atoms with Gasteiger partial charge in [0.25, 0.3) is 5.24 Å². The summed E-state index contributed by atoms with van der Waals surface area (Å²) in [6.07, 6.45) is 0. The Balaban J connectivity index is 0.000000214. The molecular weight excluding hydrogens is 492 g/mol. The maximum atomic E-state index is 11.8. The zero-order chi connectivity index (χ0) is 27.2. The van der Waals surface area contributed by atoms with Crippen molar-refractivity contribution in [1.29, 1.82) is 0 Å². The maximum Gasteiger partial charge on any atom is 0.343 e. The van der Waals surface area contributed by atoms with E-state index in [1.165, 1.54) is 0 Å². The summed E-state index contributed by atoms with van der Waals surface area (Å²) in [7, 11) is 0. The van der Waals surface area contributed by atoms with E-state index in [4.69, 9.17) is 31.7 Å². The fourth-order valence-electron chi connectivity index (χ4n) is 2.80. The number of phenolic OH excluding ortho intramolecular Hbond substituents is 1. The molecule has 7 heteroatoms. The molecule has 37 heavy (non-hydrogen) atoms. The first kappa shape index (κ1) is 29.3. The summed E-state index contributed by atoms with van der Waals surface area (Å²) in [6.45, 7) is 3.93. The number of aliphatic hydroxyl groups excluding tert-OH is 2. The van der Waals surface area contributed by atoms with Crippen LogP contribution in [0.4, 0.5) is 0 Å². The van der Waals surface area contributed by atoms with Crippen molar-refractivity contribution in [3.8, 4) is 11.5 Å². The Morgan fingerprint density at radius 1 is 0.649 bits per heavy atom. The average Bonchev–Trinajstić information content (AvgIpc) is 2.91. The number of benzene rings is 4. The van der Waals surface area contributed by atoms with Crippen molar-refractivity contribution in [2.45, 2.75) is 27.1 Å². The Labute approximate surface area is 221 Å². The molecule has 0 aromatic heterocycles. The van der Waals surface area contributed by atoms with Crippen LogP contribution in [0.5, 0.6) is 11.5 Å². The summed E-state index contributed by atoms with van der Waals surface area (Å²) in [6, 6.07) is 27.6. The standard InChI is InChI=1S/C15H14O3.C8H7ClO.C7H8O2/c1-11-2-6-13(7-3-11)15(17)18-14-8-4-12(10-16)5-9-14;1-6-2-4-7(5-3-6)8(9)10;8-5-6-1-3-7(9)4-2-6/h2-9,16H,10H2,1H3;2-5H,1H3;1-4,8-9H,5H2. The van der Waals surface area contributed by atoms with E-state index in [1.54, 1.807) is 72.8 Å². The van der Waals surface area contributed by atoms with E-state index in [0.29, 0.717) is 16.9 Å². The molecule has 0 saturated carbocycles. The van der Waals surface area contributed by atoms with Crippen molar-refractivity contribution in [2.75, 3.05) is 0 Å². The molecule has 0 aliphatic rings.